The molecule has 5 rings (SSSR count). The molecule has 0 fully saturated rings. The second kappa shape index (κ2) is 8.31. The Labute approximate surface area is 182 Å². The third-order valence-electron chi connectivity index (χ3n) is 6.14. The molecule has 0 spiro atoms. The van der Waals surface area contributed by atoms with Crippen LogP contribution >= 0.6 is 0 Å². The molecule has 31 heavy (non-hydrogen) atoms. The van der Waals surface area contributed by atoms with E-state index >= 15 is 0 Å². The summed E-state index contributed by atoms with van der Waals surface area (Å²) in [5.74, 6) is 0. The number of fused-ring (bicyclic) bond motifs is 2. The van der Waals surface area contributed by atoms with E-state index < -0.39 is 0 Å². The van der Waals surface area contributed by atoms with E-state index in [-0.39, 0.29) is 10.6 Å². The van der Waals surface area contributed by atoms with Gasteiger partial charge in [-0.25, -0.2) is 4.98 Å². The fourth-order valence-corrected chi connectivity index (χ4v) is 4.68. The Morgan fingerprint density at radius 1 is 0.742 bits per heavy atom. The van der Waals surface area contributed by atoms with Crippen molar-refractivity contribution in [3.63, 3.8) is 0 Å². The Morgan fingerprint density at radius 3 is 2.00 bits per heavy atom. The van der Waals surface area contributed by atoms with Gasteiger partial charge in [-0.05, 0) is 84.1 Å². The van der Waals surface area contributed by atoms with Crippen molar-refractivity contribution >= 4 is 29.0 Å². The van der Waals surface area contributed by atoms with Crippen LogP contribution in [0.1, 0.15) is 59.3 Å². The van der Waals surface area contributed by atoms with Crippen LogP contribution in [0.4, 0.5) is 5.69 Å². The maximum atomic E-state index is 11.2. The number of pyridine rings is 1. The Hall–Kier alpha value is -3.53. The number of rotatable bonds is 3. The van der Waals surface area contributed by atoms with Crippen LogP contribution in [0.2, 0.25) is 0 Å². The molecule has 2 aliphatic rings. The van der Waals surface area contributed by atoms with Crippen molar-refractivity contribution in [3.8, 4) is 0 Å². The van der Waals surface area contributed by atoms with Gasteiger partial charge in [0.1, 0.15) is 0 Å². The van der Waals surface area contributed by atoms with E-state index in [4.69, 9.17) is 4.98 Å². The minimum atomic E-state index is -0.341. The number of non-ortho nitro benzene ring substituents is 1. The van der Waals surface area contributed by atoms with Crippen LogP contribution in [0, 0.1) is 10.1 Å². The highest BCUT2D eigenvalue weighted by Gasteiger charge is 2.23. The average Bonchev–Trinajstić information content (AvgIpc) is 2.79. The fraction of sp³-hybridized carbons (Fsp3) is 0.222. The first-order valence-corrected chi connectivity index (χ1v) is 10.9. The van der Waals surface area contributed by atoms with Gasteiger partial charge in [-0.3, -0.25) is 10.1 Å². The van der Waals surface area contributed by atoms with Crippen LogP contribution in [0.3, 0.4) is 0 Å². The van der Waals surface area contributed by atoms with E-state index in [2.05, 4.69) is 42.5 Å². The van der Waals surface area contributed by atoms with E-state index in [0.717, 1.165) is 55.5 Å². The zero-order valence-corrected chi connectivity index (χ0v) is 17.4. The van der Waals surface area contributed by atoms with Crippen molar-refractivity contribution in [2.24, 2.45) is 0 Å². The number of nitro groups is 1. The summed E-state index contributed by atoms with van der Waals surface area (Å²) in [5.41, 5.74) is 9.51. The van der Waals surface area contributed by atoms with E-state index in [9.17, 15) is 10.1 Å². The molecule has 154 valence electrons. The van der Waals surface area contributed by atoms with Gasteiger partial charge in [0, 0.05) is 12.1 Å². The Kier molecular flexibility index (Phi) is 5.21. The molecule has 1 heterocycles. The predicted octanol–water partition coefficient (Wildman–Crippen LogP) is 6.74. The van der Waals surface area contributed by atoms with Gasteiger partial charge in [-0.1, -0.05) is 48.5 Å². The molecule has 2 aromatic carbocycles. The number of allylic oxidation sites excluding steroid dienone is 2. The topological polar surface area (TPSA) is 56.0 Å². The predicted molar refractivity (Wildman–Crippen MR) is 125 cm³/mol. The van der Waals surface area contributed by atoms with Gasteiger partial charge < -0.3 is 0 Å². The lowest BCUT2D eigenvalue weighted by Gasteiger charge is -2.25. The maximum absolute atomic E-state index is 11.2. The normalized spacial score (nSPS) is 17.9. The number of hydrogen-bond acceptors (Lipinski definition) is 3. The van der Waals surface area contributed by atoms with Crippen LogP contribution in [0.5, 0.6) is 0 Å². The molecule has 0 amide bonds. The number of nitro benzene ring substituents is 1. The molecular formula is C27H24N2O2. The minimum absolute atomic E-state index is 0.122. The average molecular weight is 409 g/mol. The van der Waals surface area contributed by atoms with Crippen molar-refractivity contribution in [2.45, 2.75) is 38.5 Å². The molecule has 0 aliphatic heterocycles. The second-order valence-electron chi connectivity index (χ2n) is 8.31. The number of aromatic nitrogens is 1. The highest BCUT2D eigenvalue weighted by atomic mass is 16.6. The third kappa shape index (κ3) is 4.06. The molecule has 0 radical (unpaired) electrons. The van der Waals surface area contributed by atoms with Crippen molar-refractivity contribution < 1.29 is 4.92 Å². The van der Waals surface area contributed by atoms with Gasteiger partial charge in [-0.2, -0.15) is 0 Å². The fourth-order valence-electron chi connectivity index (χ4n) is 4.68. The molecule has 1 aromatic heterocycles. The largest absolute Gasteiger partial charge is 0.270 e. The van der Waals surface area contributed by atoms with Gasteiger partial charge in [0.2, 0.25) is 0 Å². The number of nitrogens with zero attached hydrogens (tertiary/aromatic N) is 2. The van der Waals surface area contributed by atoms with Crippen LogP contribution < -0.4 is 0 Å². The lowest BCUT2D eigenvalue weighted by molar-refractivity contribution is -0.384. The summed E-state index contributed by atoms with van der Waals surface area (Å²) < 4.78 is 0. The van der Waals surface area contributed by atoms with Crippen molar-refractivity contribution in [1.82, 2.24) is 4.98 Å². The first-order valence-electron chi connectivity index (χ1n) is 10.9. The molecule has 2 aliphatic carbocycles. The maximum Gasteiger partial charge on any atom is 0.270 e. The monoisotopic (exact) mass is 408 g/mol. The van der Waals surface area contributed by atoms with Crippen LogP contribution in [0.15, 0.2) is 60.7 Å². The lowest BCUT2D eigenvalue weighted by atomic mass is 9.84. The van der Waals surface area contributed by atoms with E-state index in [1.807, 2.05) is 12.1 Å². The smallest absolute Gasteiger partial charge is 0.258 e. The standard InChI is InChI=1S/C27H24N2O2/c30-29(31)25-14-4-9-20(17-25)16-22-11-6-13-24-18-23-12-5-10-21(26(23)28-27(22)24)15-19-7-2-1-3-8-19/h1-4,7-9,14-18H,5-6,10-13H2. The van der Waals surface area contributed by atoms with Gasteiger partial charge in [-0.15, -0.1) is 0 Å². The molecule has 4 nitrogen and oxygen atoms in total. The number of benzene rings is 2. The summed E-state index contributed by atoms with van der Waals surface area (Å²) in [5, 5.41) is 11.2. The molecule has 0 bridgehead atoms. The molecule has 3 aromatic rings. The molecule has 0 atom stereocenters. The van der Waals surface area contributed by atoms with Crippen molar-refractivity contribution in [2.75, 3.05) is 0 Å². The zero-order chi connectivity index (χ0) is 21.2. The molecule has 0 unspecified atom stereocenters. The molecular weight excluding hydrogens is 384 g/mol. The highest BCUT2D eigenvalue weighted by Crippen LogP contribution is 2.37. The zero-order valence-electron chi connectivity index (χ0n) is 17.4. The van der Waals surface area contributed by atoms with Crippen LogP contribution in [-0.2, 0) is 12.8 Å². The van der Waals surface area contributed by atoms with E-state index in [0.29, 0.717) is 0 Å². The Bertz CT molecular complexity index is 1210. The first kappa shape index (κ1) is 19.4. The molecule has 0 saturated heterocycles. The van der Waals surface area contributed by atoms with Gasteiger partial charge in [0.15, 0.2) is 0 Å². The van der Waals surface area contributed by atoms with Gasteiger partial charge in [0.25, 0.3) is 5.69 Å². The second-order valence-corrected chi connectivity index (χ2v) is 8.31. The first-order chi connectivity index (χ1) is 15.2. The van der Waals surface area contributed by atoms with Crippen LogP contribution in [0.25, 0.3) is 23.3 Å². The summed E-state index contributed by atoms with van der Waals surface area (Å²) in [7, 11) is 0. The van der Waals surface area contributed by atoms with Gasteiger partial charge in [0.05, 0.1) is 16.3 Å². The van der Waals surface area contributed by atoms with E-state index in [1.54, 1.807) is 12.1 Å². The molecule has 4 heteroatoms. The highest BCUT2D eigenvalue weighted by molar-refractivity contribution is 5.86. The summed E-state index contributed by atoms with van der Waals surface area (Å²) in [6.07, 6.45) is 10.7. The third-order valence-corrected chi connectivity index (χ3v) is 6.14. The van der Waals surface area contributed by atoms with Gasteiger partial charge >= 0.3 is 0 Å². The van der Waals surface area contributed by atoms with Crippen molar-refractivity contribution in [1.29, 1.82) is 0 Å². The minimum Gasteiger partial charge on any atom is -0.258 e. The number of aryl methyl sites for hydroxylation is 2. The number of hydrogen-bond donors (Lipinski definition) is 0. The Balaban J connectivity index is 1.58. The SMILES string of the molecule is O=[N+]([O-])c1cccc(C=C2CCCc3cc4c(nc32)C(=Cc2ccccc2)CCC4)c1. The van der Waals surface area contributed by atoms with Crippen molar-refractivity contribution in [3.05, 3.63) is 104 Å². The quantitative estimate of drug-likeness (QED) is 0.356. The Morgan fingerprint density at radius 2 is 1.35 bits per heavy atom. The summed E-state index contributed by atoms with van der Waals surface area (Å²) in [6, 6.07) is 19.6. The van der Waals surface area contributed by atoms with E-state index in [1.165, 1.54) is 33.9 Å². The summed E-state index contributed by atoms with van der Waals surface area (Å²) >= 11 is 0. The summed E-state index contributed by atoms with van der Waals surface area (Å²) in [4.78, 5) is 16.0. The lowest BCUT2D eigenvalue weighted by Crippen LogP contribution is -2.12. The summed E-state index contributed by atoms with van der Waals surface area (Å²) in [6.45, 7) is 0. The van der Waals surface area contributed by atoms with Crippen LogP contribution in [-0.4, -0.2) is 9.91 Å². The molecule has 0 saturated carbocycles. The molecule has 0 N–H and O–H groups in total.